The first-order chi connectivity index (χ1) is 11.1. The van der Waals surface area contributed by atoms with Crippen molar-refractivity contribution in [2.45, 2.75) is 19.4 Å². The van der Waals surface area contributed by atoms with Crippen molar-refractivity contribution in [2.24, 2.45) is 7.05 Å². The van der Waals surface area contributed by atoms with Crippen molar-refractivity contribution in [3.05, 3.63) is 34.0 Å². The Kier molecular flexibility index (Phi) is 4.92. The van der Waals surface area contributed by atoms with Crippen molar-refractivity contribution in [3.63, 3.8) is 0 Å². The summed E-state index contributed by atoms with van der Waals surface area (Å²) in [6.07, 6.45) is 2.41. The molecule has 0 saturated carbocycles. The van der Waals surface area contributed by atoms with Crippen LogP contribution in [0.4, 0.5) is 4.79 Å². The number of amides is 2. The Morgan fingerprint density at radius 1 is 1.57 bits per heavy atom. The van der Waals surface area contributed by atoms with Gasteiger partial charge in [-0.3, -0.25) is 4.68 Å². The fraction of sp³-hybridized carbons (Fsp3) is 0.533. The zero-order valence-electron chi connectivity index (χ0n) is 13.4. The van der Waals surface area contributed by atoms with Crippen LogP contribution in [-0.4, -0.2) is 51.9 Å². The van der Waals surface area contributed by atoms with Gasteiger partial charge in [0.25, 0.3) is 0 Å². The van der Waals surface area contributed by atoms with Crippen molar-refractivity contribution in [1.82, 2.24) is 25.0 Å². The van der Waals surface area contributed by atoms with Gasteiger partial charge in [0.1, 0.15) is 11.1 Å². The number of carbonyl (C=O) groups is 1. The predicted molar refractivity (Wildman–Crippen MR) is 87.4 cm³/mol. The summed E-state index contributed by atoms with van der Waals surface area (Å²) in [6, 6.07) is 1.91. The molecule has 2 aromatic rings. The highest BCUT2D eigenvalue weighted by Crippen LogP contribution is 2.25. The molecule has 3 rings (SSSR count). The molecule has 3 heterocycles. The zero-order chi connectivity index (χ0) is 16.2. The first-order valence-corrected chi connectivity index (χ1v) is 8.54. The van der Waals surface area contributed by atoms with E-state index in [9.17, 15) is 4.79 Å². The number of hydrogen-bond acceptors (Lipinski definition) is 5. The lowest BCUT2D eigenvalue weighted by Crippen LogP contribution is -2.47. The lowest BCUT2D eigenvalue weighted by molar-refractivity contribution is -0.0155. The molecule has 7 nitrogen and oxygen atoms in total. The molecule has 0 aliphatic carbocycles. The molecule has 124 valence electrons. The summed E-state index contributed by atoms with van der Waals surface area (Å²) in [4.78, 5) is 18.6. The maximum Gasteiger partial charge on any atom is 0.317 e. The van der Waals surface area contributed by atoms with Crippen LogP contribution in [0.1, 0.15) is 22.5 Å². The Bertz CT molecular complexity index is 668. The summed E-state index contributed by atoms with van der Waals surface area (Å²) in [5.41, 5.74) is 2.09. The molecule has 0 aromatic carbocycles. The maximum atomic E-state index is 12.3. The molecule has 1 aliphatic heterocycles. The van der Waals surface area contributed by atoms with Crippen molar-refractivity contribution in [3.8, 4) is 0 Å². The standard InChI is InChI=1S/C15H21N5O2S/c1-11-10-23-14(18-11)13-9-20(7-8-22-13)15(21)16-5-3-12-4-6-17-19(12)2/h4,6,10,13H,3,5,7-9H2,1-2H3,(H,16,21)/t13-/m1/s1. The third kappa shape index (κ3) is 3.89. The van der Waals surface area contributed by atoms with Crippen LogP contribution in [0.3, 0.4) is 0 Å². The van der Waals surface area contributed by atoms with Gasteiger partial charge in [-0.15, -0.1) is 11.3 Å². The lowest BCUT2D eigenvalue weighted by atomic mass is 10.3. The van der Waals surface area contributed by atoms with Gasteiger partial charge >= 0.3 is 6.03 Å². The van der Waals surface area contributed by atoms with Crippen LogP contribution in [0.5, 0.6) is 0 Å². The van der Waals surface area contributed by atoms with E-state index in [-0.39, 0.29) is 12.1 Å². The Labute approximate surface area is 139 Å². The fourth-order valence-electron chi connectivity index (χ4n) is 2.56. The summed E-state index contributed by atoms with van der Waals surface area (Å²) in [5, 5.41) is 10.0. The number of aryl methyl sites for hydroxylation is 2. The van der Waals surface area contributed by atoms with Crippen molar-refractivity contribution >= 4 is 17.4 Å². The van der Waals surface area contributed by atoms with Gasteiger partial charge in [-0.05, 0) is 13.0 Å². The van der Waals surface area contributed by atoms with Crippen LogP contribution in [0.25, 0.3) is 0 Å². The quantitative estimate of drug-likeness (QED) is 0.919. The molecule has 0 spiro atoms. The highest BCUT2D eigenvalue weighted by atomic mass is 32.1. The van der Waals surface area contributed by atoms with Crippen molar-refractivity contribution < 1.29 is 9.53 Å². The normalized spacial score (nSPS) is 18.2. The van der Waals surface area contributed by atoms with E-state index in [1.54, 1.807) is 22.4 Å². The number of nitrogens with one attached hydrogen (secondary N) is 1. The third-order valence-corrected chi connectivity index (χ3v) is 4.90. The Hall–Kier alpha value is -1.93. The van der Waals surface area contributed by atoms with Gasteiger partial charge in [0.15, 0.2) is 0 Å². The SMILES string of the molecule is Cc1csc([C@H]2CN(C(=O)NCCc3ccnn3C)CCO2)n1. The molecule has 1 atom stereocenters. The Balaban J connectivity index is 1.50. The van der Waals surface area contributed by atoms with Gasteiger partial charge in [-0.2, -0.15) is 5.10 Å². The van der Waals surface area contributed by atoms with Crippen LogP contribution < -0.4 is 5.32 Å². The second-order valence-electron chi connectivity index (χ2n) is 5.56. The van der Waals surface area contributed by atoms with E-state index in [1.165, 1.54) is 0 Å². The third-order valence-electron chi connectivity index (χ3n) is 3.85. The molecule has 1 aliphatic rings. The fourth-order valence-corrected chi connectivity index (χ4v) is 3.39. The molecule has 1 saturated heterocycles. The van der Waals surface area contributed by atoms with E-state index >= 15 is 0 Å². The number of hydrogen-bond donors (Lipinski definition) is 1. The van der Waals surface area contributed by atoms with Crippen molar-refractivity contribution in [1.29, 1.82) is 0 Å². The average molecular weight is 335 g/mol. The highest BCUT2D eigenvalue weighted by Gasteiger charge is 2.27. The van der Waals surface area contributed by atoms with Crippen LogP contribution in [0, 0.1) is 6.92 Å². The minimum atomic E-state index is -0.120. The van der Waals surface area contributed by atoms with Crippen LogP contribution in [0.15, 0.2) is 17.6 Å². The highest BCUT2D eigenvalue weighted by molar-refractivity contribution is 7.09. The van der Waals surface area contributed by atoms with E-state index in [2.05, 4.69) is 15.4 Å². The Morgan fingerprint density at radius 3 is 3.13 bits per heavy atom. The monoisotopic (exact) mass is 335 g/mol. The molecule has 8 heteroatoms. The van der Waals surface area contributed by atoms with E-state index < -0.39 is 0 Å². The Morgan fingerprint density at radius 2 is 2.43 bits per heavy atom. The number of urea groups is 1. The van der Waals surface area contributed by atoms with Crippen molar-refractivity contribution in [2.75, 3.05) is 26.2 Å². The average Bonchev–Trinajstić information content (AvgIpc) is 3.16. The molecule has 23 heavy (non-hydrogen) atoms. The molecule has 1 fully saturated rings. The number of nitrogens with zero attached hydrogens (tertiary/aromatic N) is 4. The van der Waals surface area contributed by atoms with E-state index in [0.29, 0.717) is 26.2 Å². The van der Waals surface area contributed by atoms with Gasteiger partial charge in [-0.1, -0.05) is 0 Å². The minimum Gasteiger partial charge on any atom is -0.367 e. The van der Waals surface area contributed by atoms with E-state index in [0.717, 1.165) is 22.8 Å². The molecule has 0 unspecified atom stereocenters. The maximum absolute atomic E-state index is 12.3. The number of carbonyl (C=O) groups excluding carboxylic acids is 1. The number of aromatic nitrogens is 3. The van der Waals surface area contributed by atoms with E-state index in [1.807, 2.05) is 30.1 Å². The summed E-state index contributed by atoms with van der Waals surface area (Å²) in [7, 11) is 1.90. The number of rotatable bonds is 4. The molecular formula is C15H21N5O2S. The van der Waals surface area contributed by atoms with Gasteiger partial charge in [0, 0.05) is 49.5 Å². The lowest BCUT2D eigenvalue weighted by Gasteiger charge is -2.32. The second kappa shape index (κ2) is 7.10. The van der Waals surface area contributed by atoms with E-state index in [4.69, 9.17) is 4.74 Å². The zero-order valence-corrected chi connectivity index (χ0v) is 14.2. The topological polar surface area (TPSA) is 72.3 Å². The van der Waals surface area contributed by atoms with Gasteiger partial charge in [-0.25, -0.2) is 9.78 Å². The number of morpholine rings is 1. The summed E-state index contributed by atoms with van der Waals surface area (Å²) in [6.45, 7) is 4.25. The summed E-state index contributed by atoms with van der Waals surface area (Å²) >= 11 is 1.58. The number of ether oxygens (including phenoxy) is 1. The first kappa shape index (κ1) is 15.9. The molecular weight excluding hydrogens is 314 g/mol. The van der Waals surface area contributed by atoms with Crippen LogP contribution in [0.2, 0.25) is 0 Å². The molecule has 2 amide bonds. The largest absolute Gasteiger partial charge is 0.367 e. The smallest absolute Gasteiger partial charge is 0.317 e. The molecule has 2 aromatic heterocycles. The number of thiazole rings is 1. The second-order valence-corrected chi connectivity index (χ2v) is 6.45. The predicted octanol–water partition coefficient (Wildman–Crippen LogP) is 1.51. The summed E-state index contributed by atoms with van der Waals surface area (Å²) in [5.74, 6) is 0. The van der Waals surface area contributed by atoms with Crippen LogP contribution >= 0.6 is 11.3 Å². The molecule has 0 bridgehead atoms. The van der Waals surface area contributed by atoms with Gasteiger partial charge in [0.05, 0.1) is 13.2 Å². The summed E-state index contributed by atoms with van der Waals surface area (Å²) < 4.78 is 7.57. The first-order valence-electron chi connectivity index (χ1n) is 7.67. The molecule has 1 N–H and O–H groups in total. The van der Waals surface area contributed by atoms with Gasteiger partial charge in [0.2, 0.25) is 0 Å². The molecule has 0 radical (unpaired) electrons. The van der Waals surface area contributed by atoms with Crippen LogP contribution in [-0.2, 0) is 18.2 Å². The minimum absolute atomic E-state index is 0.0475. The van der Waals surface area contributed by atoms with Gasteiger partial charge < -0.3 is 15.0 Å².